The van der Waals surface area contributed by atoms with Crippen LogP contribution in [0.5, 0.6) is 0 Å². The Bertz CT molecular complexity index is 714. The molecule has 7 heteroatoms. The van der Waals surface area contributed by atoms with E-state index in [0.717, 1.165) is 42.2 Å². The van der Waals surface area contributed by atoms with Crippen molar-refractivity contribution < 1.29 is 4.79 Å². The minimum atomic E-state index is -0.0672. The number of hydrogen-bond acceptors (Lipinski definition) is 7. The van der Waals surface area contributed by atoms with E-state index in [-0.39, 0.29) is 18.2 Å². The summed E-state index contributed by atoms with van der Waals surface area (Å²) >= 11 is 1.34. The SMILES string of the molecule is Cc1nc(C(=O)Cc2cnccc2N2CCC[C@H](N)C2)c(N)s1. The van der Waals surface area contributed by atoms with Crippen LogP contribution in [0, 0.1) is 6.92 Å². The van der Waals surface area contributed by atoms with Gasteiger partial charge in [-0.25, -0.2) is 4.98 Å². The van der Waals surface area contributed by atoms with Gasteiger partial charge in [-0.2, -0.15) is 0 Å². The molecule has 0 unspecified atom stereocenters. The predicted molar refractivity (Wildman–Crippen MR) is 93.0 cm³/mol. The lowest BCUT2D eigenvalue weighted by molar-refractivity contribution is 0.0989. The lowest BCUT2D eigenvalue weighted by atomic mass is 10.0. The Balaban J connectivity index is 1.83. The molecule has 3 rings (SSSR count). The van der Waals surface area contributed by atoms with E-state index in [1.807, 2.05) is 13.0 Å². The smallest absolute Gasteiger partial charge is 0.188 e. The van der Waals surface area contributed by atoms with Crippen molar-refractivity contribution in [2.24, 2.45) is 5.73 Å². The number of hydrogen-bond donors (Lipinski definition) is 2. The van der Waals surface area contributed by atoms with Gasteiger partial charge in [0.1, 0.15) is 10.7 Å². The normalized spacial score (nSPS) is 18.2. The highest BCUT2D eigenvalue weighted by Crippen LogP contribution is 2.26. The van der Waals surface area contributed by atoms with Crippen molar-refractivity contribution in [3.8, 4) is 0 Å². The van der Waals surface area contributed by atoms with Gasteiger partial charge in [0, 0.05) is 49.2 Å². The quantitative estimate of drug-likeness (QED) is 0.829. The van der Waals surface area contributed by atoms with Gasteiger partial charge in [0.05, 0.1) is 5.01 Å². The molecule has 6 nitrogen and oxygen atoms in total. The number of nitrogens with zero attached hydrogens (tertiary/aromatic N) is 3. The van der Waals surface area contributed by atoms with Gasteiger partial charge in [-0.3, -0.25) is 9.78 Å². The Kier molecular flexibility index (Phi) is 4.58. The number of aromatic nitrogens is 2. The maximum absolute atomic E-state index is 12.5. The number of rotatable bonds is 4. The average Bonchev–Trinajstić information content (AvgIpc) is 2.86. The Morgan fingerprint density at radius 2 is 2.35 bits per heavy atom. The van der Waals surface area contributed by atoms with Crippen LogP contribution in [-0.4, -0.2) is 34.9 Å². The summed E-state index contributed by atoms with van der Waals surface area (Å²) in [6, 6.07) is 2.13. The van der Waals surface area contributed by atoms with E-state index in [1.165, 1.54) is 11.3 Å². The van der Waals surface area contributed by atoms with E-state index in [9.17, 15) is 4.79 Å². The number of ketones is 1. The van der Waals surface area contributed by atoms with Crippen LogP contribution in [0.2, 0.25) is 0 Å². The van der Waals surface area contributed by atoms with E-state index >= 15 is 0 Å². The number of Topliss-reactive ketones (excluding diaryl/α,β-unsaturated/α-hetero) is 1. The number of nitrogens with two attached hydrogens (primary N) is 2. The topological polar surface area (TPSA) is 98.1 Å². The molecular formula is C16H21N5OS. The van der Waals surface area contributed by atoms with Crippen molar-refractivity contribution in [2.45, 2.75) is 32.2 Å². The second-order valence-electron chi connectivity index (χ2n) is 5.90. The van der Waals surface area contributed by atoms with E-state index in [2.05, 4.69) is 14.9 Å². The Labute approximate surface area is 139 Å². The van der Waals surface area contributed by atoms with Crippen molar-refractivity contribution in [1.82, 2.24) is 9.97 Å². The molecule has 23 heavy (non-hydrogen) atoms. The second-order valence-corrected chi connectivity index (χ2v) is 7.13. The largest absolute Gasteiger partial charge is 0.389 e. The number of aryl methyl sites for hydroxylation is 1. The fraction of sp³-hybridized carbons (Fsp3) is 0.438. The van der Waals surface area contributed by atoms with Gasteiger partial charge in [0.2, 0.25) is 0 Å². The molecule has 0 aliphatic carbocycles. The molecule has 0 spiro atoms. The highest BCUT2D eigenvalue weighted by Gasteiger charge is 2.22. The number of carbonyl (C=O) groups is 1. The van der Waals surface area contributed by atoms with E-state index in [0.29, 0.717) is 10.7 Å². The number of anilines is 2. The van der Waals surface area contributed by atoms with Crippen molar-refractivity contribution >= 4 is 27.8 Å². The molecule has 1 atom stereocenters. The zero-order chi connectivity index (χ0) is 16.4. The zero-order valence-corrected chi connectivity index (χ0v) is 14.0. The molecule has 0 radical (unpaired) electrons. The maximum atomic E-state index is 12.5. The maximum Gasteiger partial charge on any atom is 0.188 e. The summed E-state index contributed by atoms with van der Waals surface area (Å²) in [7, 11) is 0. The van der Waals surface area contributed by atoms with Crippen LogP contribution in [0.1, 0.15) is 33.9 Å². The standard InChI is InChI=1S/C16H21N5OS/c1-10-20-15(16(18)23-10)14(22)7-11-8-19-5-4-13(11)21-6-2-3-12(17)9-21/h4-5,8,12H,2-3,6-7,9,17-18H2,1H3/t12-/m0/s1. The number of thiazole rings is 1. The molecule has 1 aliphatic heterocycles. The molecule has 4 N–H and O–H groups in total. The third kappa shape index (κ3) is 3.51. The summed E-state index contributed by atoms with van der Waals surface area (Å²) in [5.74, 6) is -0.0672. The van der Waals surface area contributed by atoms with Gasteiger partial charge in [-0.1, -0.05) is 0 Å². The third-order valence-electron chi connectivity index (χ3n) is 4.05. The monoisotopic (exact) mass is 331 g/mol. The first-order valence-corrected chi connectivity index (χ1v) is 8.55. The first-order chi connectivity index (χ1) is 11.0. The van der Waals surface area contributed by atoms with Gasteiger partial charge < -0.3 is 16.4 Å². The Morgan fingerprint density at radius 3 is 3.04 bits per heavy atom. The summed E-state index contributed by atoms with van der Waals surface area (Å²) < 4.78 is 0. The molecule has 2 aromatic rings. The van der Waals surface area contributed by atoms with Gasteiger partial charge in [0.15, 0.2) is 5.78 Å². The molecule has 0 saturated carbocycles. The van der Waals surface area contributed by atoms with Crippen LogP contribution >= 0.6 is 11.3 Å². The summed E-state index contributed by atoms with van der Waals surface area (Å²) in [6.45, 7) is 3.61. The van der Waals surface area contributed by atoms with Crippen LogP contribution < -0.4 is 16.4 Å². The number of nitrogen functional groups attached to an aromatic ring is 1. The lowest BCUT2D eigenvalue weighted by Crippen LogP contribution is -2.43. The highest BCUT2D eigenvalue weighted by molar-refractivity contribution is 7.15. The Hall–Kier alpha value is -1.99. The summed E-state index contributed by atoms with van der Waals surface area (Å²) in [6.07, 6.45) is 5.87. The summed E-state index contributed by atoms with van der Waals surface area (Å²) in [4.78, 5) is 23.2. The fourth-order valence-electron chi connectivity index (χ4n) is 2.99. The molecule has 2 aromatic heterocycles. The van der Waals surface area contributed by atoms with Gasteiger partial charge in [0.25, 0.3) is 0 Å². The number of pyridine rings is 1. The second kappa shape index (κ2) is 6.64. The molecule has 0 aromatic carbocycles. The molecule has 122 valence electrons. The van der Waals surface area contributed by atoms with Crippen LogP contribution in [0.4, 0.5) is 10.7 Å². The molecule has 0 bridgehead atoms. The molecule has 1 aliphatic rings. The molecule has 0 amide bonds. The third-order valence-corrected chi connectivity index (χ3v) is 4.85. The predicted octanol–water partition coefficient (Wildman–Crippen LogP) is 1.78. The Morgan fingerprint density at radius 1 is 1.52 bits per heavy atom. The van der Waals surface area contributed by atoms with Crippen LogP contribution in [-0.2, 0) is 6.42 Å². The minimum Gasteiger partial charge on any atom is -0.389 e. The van der Waals surface area contributed by atoms with Gasteiger partial charge in [-0.05, 0) is 25.8 Å². The zero-order valence-electron chi connectivity index (χ0n) is 13.2. The van der Waals surface area contributed by atoms with E-state index in [1.54, 1.807) is 12.4 Å². The van der Waals surface area contributed by atoms with Gasteiger partial charge in [-0.15, -0.1) is 11.3 Å². The van der Waals surface area contributed by atoms with Crippen molar-refractivity contribution in [3.63, 3.8) is 0 Å². The molecule has 1 fully saturated rings. The molecule has 1 saturated heterocycles. The van der Waals surface area contributed by atoms with Crippen molar-refractivity contribution in [3.05, 3.63) is 34.7 Å². The summed E-state index contributed by atoms with van der Waals surface area (Å²) in [5.41, 5.74) is 14.3. The molecular weight excluding hydrogens is 310 g/mol. The molecule has 3 heterocycles. The van der Waals surface area contributed by atoms with Crippen molar-refractivity contribution in [2.75, 3.05) is 23.7 Å². The summed E-state index contributed by atoms with van der Waals surface area (Å²) in [5, 5.41) is 1.29. The van der Waals surface area contributed by atoms with E-state index < -0.39 is 0 Å². The lowest BCUT2D eigenvalue weighted by Gasteiger charge is -2.33. The van der Waals surface area contributed by atoms with Gasteiger partial charge >= 0.3 is 0 Å². The van der Waals surface area contributed by atoms with Crippen molar-refractivity contribution in [1.29, 1.82) is 0 Å². The average molecular weight is 331 g/mol. The fourth-order valence-corrected chi connectivity index (χ4v) is 3.70. The number of carbonyl (C=O) groups excluding carboxylic acids is 1. The first kappa shape index (κ1) is 15.9. The minimum absolute atomic E-state index is 0.0672. The van der Waals surface area contributed by atoms with E-state index in [4.69, 9.17) is 11.5 Å². The van der Waals surface area contributed by atoms with Crippen LogP contribution in [0.3, 0.4) is 0 Å². The van der Waals surface area contributed by atoms with Crippen LogP contribution in [0.25, 0.3) is 0 Å². The first-order valence-electron chi connectivity index (χ1n) is 7.74. The number of piperidine rings is 1. The highest BCUT2D eigenvalue weighted by atomic mass is 32.1. The van der Waals surface area contributed by atoms with Crippen LogP contribution in [0.15, 0.2) is 18.5 Å².